The summed E-state index contributed by atoms with van der Waals surface area (Å²) in [7, 11) is 0. The summed E-state index contributed by atoms with van der Waals surface area (Å²) in [6.45, 7) is 5.57. The van der Waals surface area contributed by atoms with Crippen LogP contribution < -0.4 is 15.5 Å². The zero-order valence-electron chi connectivity index (χ0n) is 17.0. The van der Waals surface area contributed by atoms with Crippen molar-refractivity contribution in [3.05, 3.63) is 23.8 Å². The lowest BCUT2D eigenvalue weighted by Crippen LogP contribution is -2.39. The van der Waals surface area contributed by atoms with Crippen molar-refractivity contribution in [1.29, 1.82) is 0 Å². The van der Waals surface area contributed by atoms with Crippen molar-refractivity contribution in [3.63, 3.8) is 0 Å². The molecule has 1 aromatic carbocycles. The fraction of sp³-hybridized carbons (Fsp3) is 0.667. The van der Waals surface area contributed by atoms with Gasteiger partial charge in [-0.3, -0.25) is 0 Å². The van der Waals surface area contributed by atoms with Crippen LogP contribution in [-0.4, -0.2) is 36.4 Å². The minimum atomic E-state index is -4.41. The number of rotatable bonds is 4. The number of hydrogen-bond acceptors (Lipinski definition) is 3. The first-order valence-electron chi connectivity index (χ1n) is 10.3. The fourth-order valence-corrected chi connectivity index (χ4v) is 4.27. The molecule has 5 nitrogen and oxygen atoms in total. The summed E-state index contributed by atoms with van der Waals surface area (Å²) >= 11 is 0. The van der Waals surface area contributed by atoms with Gasteiger partial charge in [-0.05, 0) is 62.1 Å². The maximum absolute atomic E-state index is 13.8. The van der Waals surface area contributed by atoms with Gasteiger partial charge in [0.1, 0.15) is 0 Å². The van der Waals surface area contributed by atoms with Crippen molar-refractivity contribution in [2.24, 2.45) is 5.41 Å². The van der Waals surface area contributed by atoms with Crippen LogP contribution in [0.3, 0.4) is 0 Å². The molecular weight excluding hydrogens is 383 g/mol. The van der Waals surface area contributed by atoms with Gasteiger partial charge in [0.15, 0.2) is 0 Å². The van der Waals surface area contributed by atoms with Crippen molar-refractivity contribution in [1.82, 2.24) is 5.32 Å². The largest absolute Gasteiger partial charge is 0.465 e. The lowest BCUT2D eigenvalue weighted by molar-refractivity contribution is -0.137. The Labute approximate surface area is 169 Å². The number of amides is 1. The van der Waals surface area contributed by atoms with Crippen molar-refractivity contribution >= 4 is 17.5 Å². The maximum Gasteiger partial charge on any atom is 0.418 e. The molecule has 1 heterocycles. The minimum Gasteiger partial charge on any atom is -0.465 e. The number of hydrogen-bond donors (Lipinski definition) is 3. The number of anilines is 2. The van der Waals surface area contributed by atoms with Crippen LogP contribution in [0.4, 0.5) is 29.3 Å². The first-order chi connectivity index (χ1) is 13.5. The number of nitrogens with zero attached hydrogens (tertiary/aromatic N) is 1. The molecule has 8 heteroatoms. The monoisotopic (exact) mass is 413 g/mol. The second-order valence-corrected chi connectivity index (χ2v) is 9.02. The molecule has 0 atom stereocenters. The Kier molecular flexibility index (Phi) is 6.19. The van der Waals surface area contributed by atoms with Crippen LogP contribution in [0.15, 0.2) is 18.2 Å². The molecule has 0 bridgehead atoms. The number of nitrogens with one attached hydrogen (secondary N) is 2. The van der Waals surface area contributed by atoms with Gasteiger partial charge >= 0.3 is 12.3 Å². The maximum atomic E-state index is 13.8. The van der Waals surface area contributed by atoms with Crippen LogP contribution in [0, 0.1) is 5.41 Å². The molecule has 0 spiro atoms. The van der Waals surface area contributed by atoms with Gasteiger partial charge in [-0.25, -0.2) is 4.79 Å². The number of carbonyl (C=O) groups is 1. The van der Waals surface area contributed by atoms with E-state index >= 15 is 0 Å². The molecule has 1 aliphatic carbocycles. The molecule has 1 saturated carbocycles. The second-order valence-electron chi connectivity index (χ2n) is 9.02. The first kappa shape index (κ1) is 21.6. The topological polar surface area (TPSA) is 64.6 Å². The smallest absolute Gasteiger partial charge is 0.418 e. The summed E-state index contributed by atoms with van der Waals surface area (Å²) in [4.78, 5) is 12.6. The quantitative estimate of drug-likeness (QED) is 0.625. The average Bonchev–Trinajstić information content (AvgIpc) is 2.62. The van der Waals surface area contributed by atoms with E-state index in [1.165, 1.54) is 6.07 Å². The van der Waals surface area contributed by atoms with Gasteiger partial charge in [-0.1, -0.05) is 13.8 Å². The molecule has 2 aliphatic rings. The Bertz CT molecular complexity index is 718. The predicted molar refractivity (Wildman–Crippen MR) is 107 cm³/mol. The third-order valence-electron chi connectivity index (χ3n) is 6.19. The van der Waals surface area contributed by atoms with E-state index in [9.17, 15) is 18.0 Å². The Hall–Kier alpha value is -2.12. The number of halogens is 3. The fourth-order valence-electron chi connectivity index (χ4n) is 4.27. The zero-order chi connectivity index (χ0) is 21.2. The number of piperidine rings is 1. The molecular formula is C21H30F3N3O2. The van der Waals surface area contributed by atoms with E-state index in [2.05, 4.69) is 24.5 Å². The van der Waals surface area contributed by atoms with Crippen LogP contribution in [0.1, 0.15) is 57.9 Å². The molecule has 0 unspecified atom stereocenters. The number of alkyl halides is 3. The van der Waals surface area contributed by atoms with Crippen LogP contribution in [0.2, 0.25) is 0 Å². The SMILES string of the molecule is CC1(C)CCN(c2ccc(NC3CCC(NC(=O)O)CC3)cc2C(F)(F)F)CC1. The number of benzene rings is 1. The van der Waals surface area contributed by atoms with Gasteiger partial charge in [0.2, 0.25) is 0 Å². The molecule has 0 radical (unpaired) electrons. The zero-order valence-corrected chi connectivity index (χ0v) is 17.0. The van der Waals surface area contributed by atoms with E-state index in [0.717, 1.165) is 25.7 Å². The standard InChI is InChI=1S/C21H30F3N3O2/c1-20(2)9-11-27(12-10-20)18-8-7-16(13-17(18)21(22,23)24)25-14-3-5-15(6-4-14)26-19(28)29/h7-8,13-15,25-26H,3-6,9-12H2,1-2H3,(H,28,29). The van der Waals surface area contributed by atoms with E-state index in [1.807, 2.05) is 4.90 Å². The Morgan fingerprint density at radius 3 is 2.24 bits per heavy atom. The molecule has 29 heavy (non-hydrogen) atoms. The number of carboxylic acid groups (broad SMARTS) is 1. The van der Waals surface area contributed by atoms with Gasteiger partial charge in [-0.15, -0.1) is 0 Å². The minimum absolute atomic E-state index is 0.0459. The average molecular weight is 413 g/mol. The lowest BCUT2D eigenvalue weighted by atomic mass is 9.82. The van der Waals surface area contributed by atoms with Crippen LogP contribution in [0.5, 0.6) is 0 Å². The van der Waals surface area contributed by atoms with Gasteiger partial charge < -0.3 is 20.6 Å². The highest BCUT2D eigenvalue weighted by atomic mass is 19.4. The van der Waals surface area contributed by atoms with Crippen LogP contribution in [0.25, 0.3) is 0 Å². The van der Waals surface area contributed by atoms with Crippen molar-refractivity contribution in [2.45, 2.75) is 70.6 Å². The van der Waals surface area contributed by atoms with E-state index in [0.29, 0.717) is 31.6 Å². The Balaban J connectivity index is 1.69. The van der Waals surface area contributed by atoms with Crippen LogP contribution >= 0.6 is 0 Å². The Morgan fingerprint density at radius 2 is 1.69 bits per heavy atom. The third kappa shape index (κ3) is 5.70. The predicted octanol–water partition coefficient (Wildman–Crippen LogP) is 5.32. The highest BCUT2D eigenvalue weighted by Crippen LogP contribution is 2.41. The molecule has 3 rings (SSSR count). The molecule has 0 aromatic heterocycles. The first-order valence-corrected chi connectivity index (χ1v) is 10.3. The van der Waals surface area contributed by atoms with E-state index in [4.69, 9.17) is 5.11 Å². The Morgan fingerprint density at radius 1 is 1.10 bits per heavy atom. The van der Waals surface area contributed by atoms with Crippen molar-refractivity contribution < 1.29 is 23.1 Å². The molecule has 1 saturated heterocycles. The summed E-state index contributed by atoms with van der Waals surface area (Å²) in [6.07, 6.45) is -0.910. The van der Waals surface area contributed by atoms with Gasteiger partial charge in [-0.2, -0.15) is 13.2 Å². The van der Waals surface area contributed by atoms with E-state index in [1.54, 1.807) is 12.1 Å². The molecule has 2 fully saturated rings. The molecule has 1 amide bonds. The van der Waals surface area contributed by atoms with Crippen molar-refractivity contribution in [2.75, 3.05) is 23.3 Å². The molecule has 1 aromatic rings. The van der Waals surface area contributed by atoms with Crippen LogP contribution in [-0.2, 0) is 6.18 Å². The van der Waals surface area contributed by atoms with Gasteiger partial charge in [0.25, 0.3) is 0 Å². The lowest BCUT2D eigenvalue weighted by Gasteiger charge is -2.39. The molecule has 3 N–H and O–H groups in total. The summed E-state index contributed by atoms with van der Waals surface area (Å²) in [6, 6.07) is 4.50. The van der Waals surface area contributed by atoms with E-state index < -0.39 is 17.8 Å². The van der Waals surface area contributed by atoms with Gasteiger partial charge in [0.05, 0.1) is 5.56 Å². The second kappa shape index (κ2) is 8.32. The van der Waals surface area contributed by atoms with Crippen molar-refractivity contribution in [3.8, 4) is 0 Å². The summed E-state index contributed by atoms with van der Waals surface area (Å²) in [5.74, 6) is 0. The van der Waals surface area contributed by atoms with Gasteiger partial charge in [0, 0.05) is 36.5 Å². The highest BCUT2D eigenvalue weighted by Gasteiger charge is 2.37. The normalized spacial score (nSPS) is 24.8. The third-order valence-corrected chi connectivity index (χ3v) is 6.19. The molecule has 162 valence electrons. The highest BCUT2D eigenvalue weighted by molar-refractivity contribution is 5.65. The summed E-state index contributed by atoms with van der Waals surface area (Å²) in [5, 5.41) is 14.5. The molecule has 1 aliphatic heterocycles. The van der Waals surface area contributed by atoms with E-state index in [-0.39, 0.29) is 23.2 Å². The summed E-state index contributed by atoms with van der Waals surface area (Å²) in [5.41, 5.74) is 0.300. The summed E-state index contributed by atoms with van der Waals surface area (Å²) < 4.78 is 41.3.